The van der Waals surface area contributed by atoms with Crippen LogP contribution >= 0.6 is 27.3 Å². The summed E-state index contributed by atoms with van der Waals surface area (Å²) in [4.78, 5) is 16.0. The smallest absolute Gasteiger partial charge is 0.350 e. The molecule has 1 rings (SSSR count). The summed E-state index contributed by atoms with van der Waals surface area (Å²) in [6.07, 6.45) is -2.04. The summed E-state index contributed by atoms with van der Waals surface area (Å²) in [7, 11) is 0. The number of rotatable bonds is 5. The van der Waals surface area contributed by atoms with Gasteiger partial charge in [0.05, 0.1) is 18.4 Å². The minimum atomic E-state index is -1.10. The maximum Gasteiger partial charge on any atom is 0.350 e. The number of aliphatic hydroxyl groups excluding tert-OH is 2. The molecule has 5 nitrogen and oxygen atoms in total. The predicted octanol–water partition coefficient (Wildman–Crippen LogP) is 1.42. The standard InChI is InChI=1S/C10H14BrNO4S/c1-3-16-10(15)8-5(2)12-9(17-8)7(14)6(13)4-11/h6-7,13-14H,3-4H2,1-2H3. The second kappa shape index (κ2) is 6.44. The van der Waals surface area contributed by atoms with Gasteiger partial charge in [0.1, 0.15) is 16.0 Å². The fraction of sp³-hybridized carbons (Fsp3) is 0.600. The number of aliphatic hydroxyl groups is 2. The van der Waals surface area contributed by atoms with Gasteiger partial charge in [0.25, 0.3) is 0 Å². The minimum Gasteiger partial charge on any atom is -0.462 e. The van der Waals surface area contributed by atoms with Crippen LogP contribution in [0.3, 0.4) is 0 Å². The lowest BCUT2D eigenvalue weighted by Gasteiger charge is -2.11. The largest absolute Gasteiger partial charge is 0.462 e. The molecule has 0 bridgehead atoms. The minimum absolute atomic E-state index is 0.238. The zero-order chi connectivity index (χ0) is 13.0. The van der Waals surface area contributed by atoms with E-state index in [9.17, 15) is 15.0 Å². The van der Waals surface area contributed by atoms with E-state index < -0.39 is 18.2 Å². The molecule has 2 unspecified atom stereocenters. The van der Waals surface area contributed by atoms with Crippen molar-refractivity contribution >= 4 is 33.2 Å². The van der Waals surface area contributed by atoms with E-state index >= 15 is 0 Å². The molecule has 0 saturated heterocycles. The van der Waals surface area contributed by atoms with Crippen molar-refractivity contribution in [2.75, 3.05) is 11.9 Å². The van der Waals surface area contributed by atoms with Gasteiger partial charge in [0.2, 0.25) is 0 Å². The van der Waals surface area contributed by atoms with Gasteiger partial charge in [0.15, 0.2) is 0 Å². The van der Waals surface area contributed by atoms with E-state index in [2.05, 4.69) is 20.9 Å². The van der Waals surface area contributed by atoms with Crippen LogP contribution in [0.25, 0.3) is 0 Å². The van der Waals surface area contributed by atoms with Gasteiger partial charge in [0, 0.05) is 5.33 Å². The fourth-order valence-electron chi connectivity index (χ4n) is 1.18. The lowest BCUT2D eigenvalue weighted by Crippen LogP contribution is -2.19. The molecule has 0 aliphatic carbocycles. The van der Waals surface area contributed by atoms with E-state index in [0.29, 0.717) is 15.6 Å². The Labute approximate surface area is 112 Å². The molecule has 0 saturated carbocycles. The molecule has 2 N–H and O–H groups in total. The van der Waals surface area contributed by atoms with E-state index in [1.807, 2.05) is 0 Å². The SMILES string of the molecule is CCOC(=O)c1sc(C(O)C(O)CBr)nc1C. The first-order chi connectivity index (χ1) is 8.01. The maximum absolute atomic E-state index is 11.5. The van der Waals surface area contributed by atoms with Crippen LogP contribution in [0.2, 0.25) is 0 Å². The van der Waals surface area contributed by atoms with Gasteiger partial charge in [-0.25, -0.2) is 9.78 Å². The third kappa shape index (κ3) is 3.48. The Bertz CT molecular complexity index is 396. The van der Waals surface area contributed by atoms with E-state index in [0.717, 1.165) is 11.3 Å². The summed E-state index contributed by atoms with van der Waals surface area (Å²) in [5.41, 5.74) is 0.504. The highest BCUT2D eigenvalue weighted by molar-refractivity contribution is 9.09. The number of hydrogen-bond acceptors (Lipinski definition) is 6. The van der Waals surface area contributed by atoms with Crippen molar-refractivity contribution in [2.24, 2.45) is 0 Å². The second-order valence-electron chi connectivity index (χ2n) is 3.35. The molecule has 0 aliphatic rings. The van der Waals surface area contributed by atoms with Crippen molar-refractivity contribution in [1.82, 2.24) is 4.98 Å². The first-order valence-corrected chi connectivity index (χ1v) is 7.01. The molecular weight excluding hydrogens is 310 g/mol. The van der Waals surface area contributed by atoms with Crippen molar-refractivity contribution in [1.29, 1.82) is 0 Å². The number of alkyl halides is 1. The topological polar surface area (TPSA) is 79.7 Å². The Morgan fingerprint density at radius 1 is 1.59 bits per heavy atom. The Morgan fingerprint density at radius 2 is 2.24 bits per heavy atom. The van der Waals surface area contributed by atoms with Crippen molar-refractivity contribution in [3.8, 4) is 0 Å². The van der Waals surface area contributed by atoms with Gasteiger partial charge in [-0.05, 0) is 13.8 Å². The molecule has 0 aliphatic heterocycles. The number of esters is 1. The summed E-state index contributed by atoms with van der Waals surface area (Å²) < 4.78 is 4.87. The fourth-order valence-corrected chi connectivity index (χ4v) is 2.54. The highest BCUT2D eigenvalue weighted by atomic mass is 79.9. The molecule has 96 valence electrons. The quantitative estimate of drug-likeness (QED) is 0.632. The van der Waals surface area contributed by atoms with Crippen LogP contribution in [0, 0.1) is 6.92 Å². The number of nitrogens with zero attached hydrogens (tertiary/aromatic N) is 1. The summed E-state index contributed by atoms with van der Waals surface area (Å²) in [5.74, 6) is -0.450. The third-order valence-corrected chi connectivity index (χ3v) is 3.92. The van der Waals surface area contributed by atoms with E-state index in [4.69, 9.17) is 4.74 Å². The molecule has 0 fully saturated rings. The number of aromatic nitrogens is 1. The first kappa shape index (κ1) is 14.6. The number of ether oxygens (including phenoxy) is 1. The number of aryl methyl sites for hydroxylation is 1. The van der Waals surface area contributed by atoms with Gasteiger partial charge < -0.3 is 14.9 Å². The van der Waals surface area contributed by atoms with Crippen LogP contribution < -0.4 is 0 Å². The summed E-state index contributed by atoms with van der Waals surface area (Å²) in [5, 5.41) is 19.8. The molecule has 1 heterocycles. The van der Waals surface area contributed by atoms with Gasteiger partial charge in [-0.3, -0.25) is 0 Å². The number of hydrogen-bond donors (Lipinski definition) is 2. The van der Waals surface area contributed by atoms with E-state index in [-0.39, 0.29) is 11.9 Å². The average molecular weight is 324 g/mol. The number of carbonyl (C=O) groups excluding carboxylic acids is 1. The predicted molar refractivity (Wildman–Crippen MR) is 67.6 cm³/mol. The third-order valence-electron chi connectivity index (χ3n) is 2.05. The Hall–Kier alpha value is -0.500. The van der Waals surface area contributed by atoms with Crippen LogP contribution in [0.4, 0.5) is 0 Å². The Balaban J connectivity index is 2.91. The van der Waals surface area contributed by atoms with Crippen LogP contribution in [0.1, 0.15) is 33.4 Å². The normalized spacial score (nSPS) is 14.4. The lowest BCUT2D eigenvalue weighted by atomic mass is 10.2. The highest BCUT2D eigenvalue weighted by Gasteiger charge is 2.24. The molecular formula is C10H14BrNO4S. The zero-order valence-corrected chi connectivity index (χ0v) is 11.9. The lowest BCUT2D eigenvalue weighted by molar-refractivity contribution is 0.0341. The second-order valence-corrected chi connectivity index (χ2v) is 5.03. The van der Waals surface area contributed by atoms with Crippen LogP contribution in [-0.2, 0) is 4.74 Å². The van der Waals surface area contributed by atoms with Gasteiger partial charge in [-0.15, -0.1) is 11.3 Å². The van der Waals surface area contributed by atoms with Crippen molar-refractivity contribution < 1.29 is 19.7 Å². The maximum atomic E-state index is 11.5. The molecule has 1 aromatic heterocycles. The zero-order valence-electron chi connectivity index (χ0n) is 9.51. The number of halogens is 1. The van der Waals surface area contributed by atoms with E-state index in [1.54, 1.807) is 13.8 Å². The van der Waals surface area contributed by atoms with Crippen LogP contribution in [0.5, 0.6) is 0 Å². The molecule has 0 radical (unpaired) electrons. The molecule has 1 aromatic rings. The monoisotopic (exact) mass is 323 g/mol. The number of thiazole rings is 1. The Kier molecular flexibility index (Phi) is 5.51. The van der Waals surface area contributed by atoms with Crippen LogP contribution in [-0.4, -0.2) is 39.2 Å². The van der Waals surface area contributed by atoms with Gasteiger partial charge in [-0.1, -0.05) is 15.9 Å². The molecule has 2 atom stereocenters. The van der Waals surface area contributed by atoms with Crippen molar-refractivity contribution in [3.63, 3.8) is 0 Å². The molecule has 7 heteroatoms. The molecule has 0 spiro atoms. The van der Waals surface area contributed by atoms with Crippen molar-refractivity contribution in [3.05, 3.63) is 15.6 Å². The summed E-state index contributed by atoms with van der Waals surface area (Å²) in [6, 6.07) is 0. The molecule has 0 aromatic carbocycles. The summed E-state index contributed by atoms with van der Waals surface area (Å²) >= 11 is 4.11. The molecule has 17 heavy (non-hydrogen) atoms. The molecule has 0 amide bonds. The van der Waals surface area contributed by atoms with Gasteiger partial charge >= 0.3 is 5.97 Å². The van der Waals surface area contributed by atoms with Crippen LogP contribution in [0.15, 0.2) is 0 Å². The highest BCUT2D eigenvalue weighted by Crippen LogP contribution is 2.26. The van der Waals surface area contributed by atoms with Gasteiger partial charge in [-0.2, -0.15) is 0 Å². The summed E-state index contributed by atoms with van der Waals surface area (Å²) in [6.45, 7) is 3.68. The first-order valence-electron chi connectivity index (χ1n) is 5.07. The average Bonchev–Trinajstić information content (AvgIpc) is 2.69. The number of carbonyl (C=O) groups is 1. The van der Waals surface area contributed by atoms with E-state index in [1.165, 1.54) is 0 Å². The van der Waals surface area contributed by atoms with Crippen molar-refractivity contribution in [2.45, 2.75) is 26.1 Å². The Morgan fingerprint density at radius 3 is 2.76 bits per heavy atom.